The lowest BCUT2D eigenvalue weighted by Crippen LogP contribution is -2.27. The van der Waals surface area contributed by atoms with Gasteiger partial charge in [0, 0.05) is 11.3 Å². The lowest BCUT2D eigenvalue weighted by molar-refractivity contribution is 0.0633. The summed E-state index contributed by atoms with van der Waals surface area (Å²) in [5.41, 5.74) is 3.60. The number of aryl methyl sites for hydroxylation is 2. The summed E-state index contributed by atoms with van der Waals surface area (Å²) in [6, 6.07) is 6.92. The van der Waals surface area contributed by atoms with Crippen molar-refractivity contribution in [3.8, 4) is 11.1 Å². The van der Waals surface area contributed by atoms with Gasteiger partial charge in [0.05, 0.1) is 5.56 Å². The highest BCUT2D eigenvalue weighted by atomic mass is 16.6. The molecule has 0 saturated heterocycles. The van der Waals surface area contributed by atoms with Crippen LogP contribution in [0.4, 0.5) is 10.6 Å². The smallest absolute Gasteiger partial charge is 0.413 e. The van der Waals surface area contributed by atoms with Crippen molar-refractivity contribution >= 4 is 17.9 Å². The zero-order chi connectivity index (χ0) is 19.6. The van der Waals surface area contributed by atoms with E-state index in [1.807, 2.05) is 19.9 Å². The Morgan fingerprint density at radius 1 is 1.15 bits per heavy atom. The predicted molar refractivity (Wildman–Crippen MR) is 101 cm³/mol. The Hall–Kier alpha value is -2.89. The van der Waals surface area contributed by atoms with Crippen LogP contribution in [0.5, 0.6) is 0 Å². The van der Waals surface area contributed by atoms with E-state index in [0.29, 0.717) is 17.1 Å². The number of aromatic nitrogens is 1. The third kappa shape index (κ3) is 4.39. The first-order valence-electron chi connectivity index (χ1n) is 8.31. The first kappa shape index (κ1) is 19.4. The number of hydrogen-bond acceptors (Lipinski definition) is 4. The average Bonchev–Trinajstić information content (AvgIpc) is 2.45. The maximum atomic E-state index is 11.9. The van der Waals surface area contributed by atoms with Crippen molar-refractivity contribution in [1.29, 1.82) is 0 Å². The lowest BCUT2D eigenvalue weighted by atomic mass is 9.93. The van der Waals surface area contributed by atoms with Gasteiger partial charge in [0.2, 0.25) is 0 Å². The van der Waals surface area contributed by atoms with Gasteiger partial charge >= 0.3 is 12.1 Å². The molecule has 0 fully saturated rings. The number of benzene rings is 1. The van der Waals surface area contributed by atoms with Crippen molar-refractivity contribution < 1.29 is 19.4 Å². The molecular formula is C20H24N2O4. The summed E-state index contributed by atoms with van der Waals surface area (Å²) in [6.07, 6.45) is -0.569. The number of nitrogens with zero attached hydrogens (tertiary/aromatic N) is 1. The zero-order valence-corrected chi connectivity index (χ0v) is 15.9. The molecule has 0 radical (unpaired) electrons. The Balaban J connectivity index is 2.41. The van der Waals surface area contributed by atoms with Crippen molar-refractivity contribution in [3.63, 3.8) is 0 Å². The first-order chi connectivity index (χ1) is 12.0. The van der Waals surface area contributed by atoms with Gasteiger partial charge in [-0.1, -0.05) is 12.1 Å². The van der Waals surface area contributed by atoms with Crippen LogP contribution in [0.3, 0.4) is 0 Å². The number of carbonyl (C=O) groups excluding carboxylic acids is 1. The van der Waals surface area contributed by atoms with Gasteiger partial charge in [0.1, 0.15) is 11.4 Å². The monoisotopic (exact) mass is 356 g/mol. The predicted octanol–water partition coefficient (Wildman–Crippen LogP) is 4.72. The zero-order valence-electron chi connectivity index (χ0n) is 15.9. The number of carboxylic acids is 1. The highest BCUT2D eigenvalue weighted by Crippen LogP contribution is 2.32. The van der Waals surface area contributed by atoms with E-state index in [2.05, 4.69) is 10.3 Å². The van der Waals surface area contributed by atoms with E-state index in [9.17, 15) is 14.7 Å². The highest BCUT2D eigenvalue weighted by Gasteiger charge is 2.19. The van der Waals surface area contributed by atoms with Crippen LogP contribution < -0.4 is 5.32 Å². The Labute approximate surface area is 153 Å². The molecule has 0 spiro atoms. The fourth-order valence-electron chi connectivity index (χ4n) is 2.85. The molecule has 0 bridgehead atoms. The van der Waals surface area contributed by atoms with E-state index >= 15 is 0 Å². The summed E-state index contributed by atoms with van der Waals surface area (Å²) >= 11 is 0. The SMILES string of the molecule is Cc1cc(NC(=O)OC(C)(C)C)nc(C)c1-c1cccc(C(=O)O)c1C. The van der Waals surface area contributed by atoms with Crippen LogP contribution >= 0.6 is 0 Å². The molecule has 6 nitrogen and oxygen atoms in total. The molecule has 0 unspecified atom stereocenters. The lowest BCUT2D eigenvalue weighted by Gasteiger charge is -2.20. The number of aromatic carboxylic acids is 1. The van der Waals surface area contributed by atoms with Crippen LogP contribution in [0, 0.1) is 20.8 Å². The third-order valence-electron chi connectivity index (χ3n) is 3.86. The molecule has 6 heteroatoms. The number of nitrogens with one attached hydrogen (secondary N) is 1. The number of carbonyl (C=O) groups is 2. The van der Waals surface area contributed by atoms with E-state index in [1.54, 1.807) is 45.9 Å². The molecule has 2 aromatic rings. The fourth-order valence-corrected chi connectivity index (χ4v) is 2.85. The second-order valence-corrected chi connectivity index (χ2v) is 7.19. The molecule has 2 N–H and O–H groups in total. The minimum Gasteiger partial charge on any atom is -0.478 e. The molecule has 2 rings (SSSR count). The van der Waals surface area contributed by atoms with Crippen LogP contribution in [-0.2, 0) is 4.74 Å². The molecule has 1 amide bonds. The van der Waals surface area contributed by atoms with Gasteiger partial charge < -0.3 is 9.84 Å². The fraction of sp³-hybridized carbons (Fsp3) is 0.350. The topological polar surface area (TPSA) is 88.5 Å². The van der Waals surface area contributed by atoms with Crippen LogP contribution in [0.25, 0.3) is 11.1 Å². The van der Waals surface area contributed by atoms with Crippen LogP contribution in [0.15, 0.2) is 24.3 Å². The van der Waals surface area contributed by atoms with E-state index in [4.69, 9.17) is 4.74 Å². The Kier molecular flexibility index (Phi) is 5.35. The van der Waals surface area contributed by atoms with Crippen LogP contribution in [0.2, 0.25) is 0 Å². The number of amides is 1. The second-order valence-electron chi connectivity index (χ2n) is 7.19. The van der Waals surface area contributed by atoms with Gasteiger partial charge in [-0.15, -0.1) is 0 Å². The summed E-state index contributed by atoms with van der Waals surface area (Å²) in [6.45, 7) is 10.9. The second kappa shape index (κ2) is 7.15. The van der Waals surface area contributed by atoms with Gasteiger partial charge in [-0.25, -0.2) is 14.6 Å². The molecule has 1 aromatic carbocycles. The highest BCUT2D eigenvalue weighted by molar-refractivity contribution is 5.92. The largest absolute Gasteiger partial charge is 0.478 e. The van der Waals surface area contributed by atoms with E-state index in [0.717, 1.165) is 16.7 Å². The van der Waals surface area contributed by atoms with Crippen molar-refractivity contribution in [2.75, 3.05) is 5.32 Å². The number of hydrogen-bond donors (Lipinski definition) is 2. The molecular weight excluding hydrogens is 332 g/mol. The van der Waals surface area contributed by atoms with Gasteiger partial charge in [-0.2, -0.15) is 0 Å². The number of pyridine rings is 1. The molecule has 138 valence electrons. The molecule has 26 heavy (non-hydrogen) atoms. The summed E-state index contributed by atoms with van der Waals surface area (Å²) in [5, 5.41) is 12.0. The molecule has 0 atom stereocenters. The van der Waals surface area contributed by atoms with Crippen molar-refractivity contribution in [3.05, 3.63) is 46.6 Å². The molecule has 0 aliphatic carbocycles. The summed E-state index contributed by atoms with van der Waals surface area (Å²) in [7, 11) is 0. The first-order valence-corrected chi connectivity index (χ1v) is 8.31. The molecule has 0 saturated carbocycles. The Morgan fingerprint density at radius 2 is 1.81 bits per heavy atom. The molecule has 1 heterocycles. The van der Waals surface area contributed by atoms with Crippen LogP contribution in [-0.4, -0.2) is 27.8 Å². The Morgan fingerprint density at radius 3 is 2.35 bits per heavy atom. The van der Waals surface area contributed by atoms with Crippen molar-refractivity contribution in [2.45, 2.75) is 47.1 Å². The molecule has 0 aliphatic rings. The van der Waals surface area contributed by atoms with E-state index in [-0.39, 0.29) is 5.56 Å². The van der Waals surface area contributed by atoms with Gasteiger partial charge in [0.15, 0.2) is 0 Å². The Bertz CT molecular complexity index is 844. The normalized spacial score (nSPS) is 11.2. The van der Waals surface area contributed by atoms with Crippen molar-refractivity contribution in [2.24, 2.45) is 0 Å². The van der Waals surface area contributed by atoms with E-state index < -0.39 is 17.7 Å². The minimum atomic E-state index is -0.962. The standard InChI is InChI=1S/C20H24N2O4/c1-11-10-16(22-19(25)26-20(4,5)6)21-13(3)17(11)14-8-7-9-15(12(14)2)18(23)24/h7-10H,1-6H3,(H,23,24)(H,21,22,25). The van der Waals surface area contributed by atoms with Gasteiger partial charge in [-0.3, -0.25) is 5.32 Å². The molecule has 0 aliphatic heterocycles. The summed E-state index contributed by atoms with van der Waals surface area (Å²) in [4.78, 5) is 27.8. The quantitative estimate of drug-likeness (QED) is 0.831. The third-order valence-corrected chi connectivity index (χ3v) is 3.86. The number of anilines is 1. The number of rotatable bonds is 3. The van der Waals surface area contributed by atoms with Gasteiger partial charge in [0.25, 0.3) is 0 Å². The van der Waals surface area contributed by atoms with Gasteiger partial charge in [-0.05, 0) is 70.4 Å². The van der Waals surface area contributed by atoms with Crippen molar-refractivity contribution in [1.82, 2.24) is 4.98 Å². The number of ether oxygens (including phenoxy) is 1. The summed E-state index contributed by atoms with van der Waals surface area (Å²) in [5.74, 6) is -0.569. The maximum absolute atomic E-state index is 11.9. The number of carboxylic acid groups (broad SMARTS) is 1. The van der Waals surface area contributed by atoms with E-state index in [1.165, 1.54) is 0 Å². The maximum Gasteiger partial charge on any atom is 0.413 e. The summed E-state index contributed by atoms with van der Waals surface area (Å²) < 4.78 is 5.24. The average molecular weight is 356 g/mol. The van der Waals surface area contributed by atoms with Crippen LogP contribution in [0.1, 0.15) is 48.0 Å². The molecule has 1 aromatic heterocycles. The minimum absolute atomic E-state index is 0.261.